The molecule has 0 fully saturated rings. The van der Waals surface area contributed by atoms with Gasteiger partial charge in [-0.2, -0.15) is 5.10 Å². The average Bonchev–Trinajstić information content (AvgIpc) is 3.29. The predicted molar refractivity (Wildman–Crippen MR) is 108 cm³/mol. The Morgan fingerprint density at radius 3 is 2.54 bits per heavy atom. The molecule has 0 aliphatic carbocycles. The van der Waals surface area contributed by atoms with Gasteiger partial charge in [0.25, 0.3) is 5.91 Å². The van der Waals surface area contributed by atoms with E-state index in [1.807, 2.05) is 44.2 Å². The Hall–Kier alpha value is -3.00. The Bertz CT molecular complexity index is 979. The lowest BCUT2D eigenvalue weighted by Gasteiger charge is -2.15. The van der Waals surface area contributed by atoms with E-state index in [2.05, 4.69) is 15.4 Å². The van der Waals surface area contributed by atoms with Crippen LogP contribution >= 0.6 is 11.3 Å². The zero-order valence-corrected chi connectivity index (χ0v) is 17.0. The van der Waals surface area contributed by atoms with Crippen LogP contribution in [-0.2, 0) is 9.53 Å². The van der Waals surface area contributed by atoms with Crippen LogP contribution < -0.4 is 5.32 Å². The number of thiazole rings is 1. The third kappa shape index (κ3) is 4.28. The summed E-state index contributed by atoms with van der Waals surface area (Å²) in [6.45, 7) is 7.22. The van der Waals surface area contributed by atoms with Gasteiger partial charge >= 0.3 is 5.97 Å². The van der Waals surface area contributed by atoms with Crippen molar-refractivity contribution in [1.82, 2.24) is 14.8 Å². The number of nitrogens with zero attached hydrogens (tertiary/aromatic N) is 3. The number of hydrogen-bond donors (Lipinski definition) is 1. The Labute approximate surface area is 167 Å². The summed E-state index contributed by atoms with van der Waals surface area (Å²) < 4.78 is 7.05. The van der Waals surface area contributed by atoms with Crippen molar-refractivity contribution in [3.05, 3.63) is 53.2 Å². The van der Waals surface area contributed by atoms with Crippen molar-refractivity contribution in [2.75, 3.05) is 5.32 Å². The van der Waals surface area contributed by atoms with Gasteiger partial charge < -0.3 is 10.1 Å². The zero-order chi connectivity index (χ0) is 20.3. The smallest absolute Gasteiger partial charge is 0.351 e. The summed E-state index contributed by atoms with van der Waals surface area (Å²) in [5, 5.41) is 7.65. The topological polar surface area (TPSA) is 86.1 Å². The van der Waals surface area contributed by atoms with Gasteiger partial charge in [0.05, 0.1) is 11.9 Å². The molecular weight excluding hydrogens is 376 g/mol. The highest BCUT2D eigenvalue weighted by Crippen LogP contribution is 2.28. The summed E-state index contributed by atoms with van der Waals surface area (Å²) in [6.07, 6.45) is 0.655. The summed E-state index contributed by atoms with van der Waals surface area (Å²) in [4.78, 5) is 29.8. The van der Waals surface area contributed by atoms with Crippen LogP contribution in [0.25, 0.3) is 10.6 Å². The lowest BCUT2D eigenvalue weighted by molar-refractivity contribution is -0.123. The van der Waals surface area contributed by atoms with Crippen molar-refractivity contribution in [1.29, 1.82) is 0 Å². The summed E-state index contributed by atoms with van der Waals surface area (Å²) >= 11 is 1.25. The number of aryl methyl sites for hydroxylation is 1. The predicted octanol–water partition coefficient (Wildman–Crippen LogP) is 4.08. The molecule has 3 aromatic rings. The first kappa shape index (κ1) is 19.8. The van der Waals surface area contributed by atoms with E-state index >= 15 is 0 Å². The van der Waals surface area contributed by atoms with Gasteiger partial charge in [-0.15, -0.1) is 11.3 Å². The first-order valence-corrected chi connectivity index (χ1v) is 9.76. The molecule has 146 valence electrons. The van der Waals surface area contributed by atoms with Gasteiger partial charge in [-0.05, 0) is 27.7 Å². The van der Waals surface area contributed by atoms with Gasteiger partial charge in [-0.3, -0.25) is 4.79 Å². The van der Waals surface area contributed by atoms with E-state index < -0.39 is 18.0 Å². The van der Waals surface area contributed by atoms with Crippen molar-refractivity contribution in [2.24, 2.45) is 0 Å². The molecule has 0 aliphatic rings. The molecule has 8 heteroatoms. The molecule has 2 aromatic heterocycles. The molecule has 3 rings (SSSR count). The summed E-state index contributed by atoms with van der Waals surface area (Å²) in [5.41, 5.74) is 1.52. The highest BCUT2D eigenvalue weighted by molar-refractivity contribution is 7.17. The molecule has 0 saturated heterocycles. The fraction of sp³-hybridized carbons (Fsp3) is 0.300. The molecule has 0 aliphatic heterocycles. The minimum absolute atomic E-state index is 0.0967. The van der Waals surface area contributed by atoms with E-state index in [1.165, 1.54) is 18.3 Å². The first-order valence-electron chi connectivity index (χ1n) is 8.95. The number of rotatable bonds is 6. The SMILES string of the molecule is Cc1nc(-c2ccccc2)sc1C(=O)O[C@@H](C)C(=O)Nc1ccnn1C(C)C. The minimum atomic E-state index is -0.954. The molecular formula is C20H22N4O3S. The van der Waals surface area contributed by atoms with Crippen molar-refractivity contribution in [3.63, 3.8) is 0 Å². The number of nitrogens with one attached hydrogen (secondary N) is 1. The number of carbonyl (C=O) groups excluding carboxylic acids is 2. The second-order valence-corrected chi connectivity index (χ2v) is 7.59. The second kappa shape index (κ2) is 8.35. The van der Waals surface area contributed by atoms with Gasteiger partial charge in [0.2, 0.25) is 0 Å². The molecule has 28 heavy (non-hydrogen) atoms. The van der Waals surface area contributed by atoms with E-state index in [1.54, 1.807) is 23.9 Å². The number of aromatic nitrogens is 3. The molecule has 1 amide bonds. The molecule has 0 spiro atoms. The van der Waals surface area contributed by atoms with Crippen LogP contribution in [0.2, 0.25) is 0 Å². The van der Waals surface area contributed by atoms with E-state index in [4.69, 9.17) is 4.74 Å². The van der Waals surface area contributed by atoms with Crippen LogP contribution in [0, 0.1) is 6.92 Å². The van der Waals surface area contributed by atoms with E-state index in [0.717, 1.165) is 10.6 Å². The molecule has 0 bridgehead atoms. The van der Waals surface area contributed by atoms with Crippen LogP contribution in [-0.4, -0.2) is 32.7 Å². The summed E-state index contributed by atoms with van der Waals surface area (Å²) in [5.74, 6) is -0.415. The fourth-order valence-electron chi connectivity index (χ4n) is 2.61. The van der Waals surface area contributed by atoms with E-state index in [0.29, 0.717) is 16.4 Å². The Balaban J connectivity index is 1.68. The van der Waals surface area contributed by atoms with E-state index in [9.17, 15) is 9.59 Å². The average molecular weight is 398 g/mol. The minimum Gasteiger partial charge on any atom is -0.448 e. The number of anilines is 1. The molecule has 1 aromatic carbocycles. The number of ether oxygens (including phenoxy) is 1. The largest absolute Gasteiger partial charge is 0.448 e. The fourth-order valence-corrected chi connectivity index (χ4v) is 3.56. The van der Waals surface area contributed by atoms with Crippen LogP contribution in [0.5, 0.6) is 0 Å². The highest BCUT2D eigenvalue weighted by Gasteiger charge is 2.24. The number of esters is 1. The van der Waals surface area contributed by atoms with Crippen molar-refractivity contribution in [2.45, 2.75) is 39.8 Å². The third-order valence-electron chi connectivity index (χ3n) is 4.07. The number of hydrogen-bond acceptors (Lipinski definition) is 6. The third-order valence-corrected chi connectivity index (χ3v) is 5.25. The number of benzene rings is 1. The van der Waals surface area contributed by atoms with E-state index in [-0.39, 0.29) is 6.04 Å². The normalized spacial score (nSPS) is 12.0. The van der Waals surface area contributed by atoms with Gasteiger partial charge in [0.1, 0.15) is 15.7 Å². The van der Waals surface area contributed by atoms with Crippen molar-refractivity contribution < 1.29 is 14.3 Å². The number of amides is 1. The molecule has 1 N–H and O–H groups in total. The van der Waals surface area contributed by atoms with Crippen LogP contribution in [0.4, 0.5) is 5.82 Å². The molecule has 1 atom stereocenters. The van der Waals surface area contributed by atoms with Gasteiger partial charge in [-0.25, -0.2) is 14.5 Å². The maximum atomic E-state index is 12.6. The highest BCUT2D eigenvalue weighted by atomic mass is 32.1. The molecule has 2 heterocycles. The molecule has 0 radical (unpaired) electrons. The second-order valence-electron chi connectivity index (χ2n) is 6.59. The van der Waals surface area contributed by atoms with Gasteiger partial charge in [0, 0.05) is 17.7 Å². The van der Waals surface area contributed by atoms with Crippen molar-refractivity contribution in [3.8, 4) is 10.6 Å². The Morgan fingerprint density at radius 2 is 1.86 bits per heavy atom. The Morgan fingerprint density at radius 1 is 1.14 bits per heavy atom. The summed E-state index contributed by atoms with van der Waals surface area (Å²) in [6, 6.07) is 11.4. The van der Waals surface area contributed by atoms with Crippen LogP contribution in [0.15, 0.2) is 42.6 Å². The lowest BCUT2D eigenvalue weighted by Crippen LogP contribution is -2.31. The number of carbonyl (C=O) groups is 2. The lowest BCUT2D eigenvalue weighted by atomic mass is 10.2. The quantitative estimate of drug-likeness (QED) is 0.632. The maximum Gasteiger partial charge on any atom is 0.351 e. The maximum absolute atomic E-state index is 12.6. The standard InChI is InChI=1S/C20H22N4O3S/c1-12(2)24-16(10-11-21-24)23-18(25)14(4)27-20(26)17-13(3)22-19(28-17)15-8-6-5-7-9-15/h5-12,14H,1-4H3,(H,23,25)/t14-/m0/s1. The van der Waals surface area contributed by atoms with Crippen LogP contribution in [0.1, 0.15) is 42.2 Å². The molecule has 0 unspecified atom stereocenters. The molecule has 0 saturated carbocycles. The van der Waals surface area contributed by atoms with Gasteiger partial charge in [-0.1, -0.05) is 30.3 Å². The summed E-state index contributed by atoms with van der Waals surface area (Å²) in [7, 11) is 0. The van der Waals surface area contributed by atoms with Crippen LogP contribution in [0.3, 0.4) is 0 Å². The first-order chi connectivity index (χ1) is 13.4. The van der Waals surface area contributed by atoms with Gasteiger partial charge in [0.15, 0.2) is 6.10 Å². The molecule has 7 nitrogen and oxygen atoms in total. The van der Waals surface area contributed by atoms with Crippen molar-refractivity contribution >= 4 is 29.0 Å². The zero-order valence-electron chi connectivity index (χ0n) is 16.2. The monoisotopic (exact) mass is 398 g/mol. The Kier molecular flexibility index (Phi) is 5.89.